The highest BCUT2D eigenvalue weighted by Gasteiger charge is 2.41. The molecule has 7 nitrogen and oxygen atoms in total. The first kappa shape index (κ1) is 10.2. The van der Waals surface area contributed by atoms with E-state index < -0.39 is 30.6 Å². The van der Waals surface area contributed by atoms with E-state index in [0.29, 0.717) is 0 Å². The zero-order valence-corrected chi connectivity index (χ0v) is 6.98. The molecule has 0 bridgehead atoms. The van der Waals surface area contributed by atoms with Crippen molar-refractivity contribution in [3.63, 3.8) is 0 Å². The summed E-state index contributed by atoms with van der Waals surface area (Å²) in [6.07, 6.45) is -5.71. The maximum absolute atomic E-state index is 9.26. The number of rotatable bonds is 1. The molecule has 0 aliphatic carbocycles. The molecule has 74 valence electrons. The zero-order valence-electron chi connectivity index (χ0n) is 6.98. The topological polar surface area (TPSA) is 119 Å². The fraction of sp³-hybridized carbons (Fsp3) is 1.00. The maximum atomic E-state index is 9.26. The fourth-order valence-electron chi connectivity index (χ4n) is 1.18. The number of azide groups is 1. The summed E-state index contributed by atoms with van der Waals surface area (Å²) in [6, 6.07) is 0. The van der Waals surface area contributed by atoms with E-state index in [0.717, 1.165) is 0 Å². The summed E-state index contributed by atoms with van der Waals surface area (Å²) in [5.41, 5.74) is 8.10. The molecular formula is C6H11N3O4. The number of ether oxygens (including phenoxy) is 1. The van der Waals surface area contributed by atoms with Gasteiger partial charge in [-0.15, -0.1) is 0 Å². The molecule has 5 atom stereocenters. The molecule has 7 heteroatoms. The van der Waals surface area contributed by atoms with Gasteiger partial charge in [-0.05, 0) is 12.5 Å². The Bertz CT molecular complexity index is 230. The van der Waals surface area contributed by atoms with Gasteiger partial charge >= 0.3 is 0 Å². The lowest BCUT2D eigenvalue weighted by Gasteiger charge is -2.37. The minimum Gasteiger partial charge on any atom is -0.388 e. The van der Waals surface area contributed by atoms with Crippen LogP contribution in [0.25, 0.3) is 10.4 Å². The van der Waals surface area contributed by atoms with Crippen molar-refractivity contribution < 1.29 is 20.1 Å². The maximum Gasteiger partial charge on any atom is 0.165 e. The monoisotopic (exact) mass is 189 g/mol. The van der Waals surface area contributed by atoms with Gasteiger partial charge < -0.3 is 20.1 Å². The third-order valence-corrected chi connectivity index (χ3v) is 1.99. The van der Waals surface area contributed by atoms with Crippen molar-refractivity contribution in [1.29, 1.82) is 0 Å². The van der Waals surface area contributed by atoms with Gasteiger partial charge in [0.1, 0.15) is 18.3 Å². The summed E-state index contributed by atoms with van der Waals surface area (Å²) < 4.78 is 4.94. The van der Waals surface area contributed by atoms with E-state index in [2.05, 4.69) is 10.0 Å². The van der Waals surface area contributed by atoms with E-state index in [1.165, 1.54) is 6.92 Å². The van der Waals surface area contributed by atoms with Crippen molar-refractivity contribution in [2.75, 3.05) is 0 Å². The Morgan fingerprint density at radius 2 is 1.85 bits per heavy atom. The molecule has 0 aromatic carbocycles. The van der Waals surface area contributed by atoms with Crippen LogP contribution in [-0.4, -0.2) is 46.0 Å². The molecule has 0 spiro atoms. The van der Waals surface area contributed by atoms with E-state index in [4.69, 9.17) is 10.3 Å². The van der Waals surface area contributed by atoms with E-state index in [-0.39, 0.29) is 0 Å². The zero-order chi connectivity index (χ0) is 10.0. The third kappa shape index (κ3) is 1.90. The van der Waals surface area contributed by atoms with Crippen LogP contribution in [-0.2, 0) is 4.74 Å². The van der Waals surface area contributed by atoms with Gasteiger partial charge in [0.05, 0.1) is 6.10 Å². The molecule has 0 amide bonds. The standard InChI is InChI=1S/C6H11N3O4/c1-2-3(10)4(11)5(12)6(13-2)8-9-7/h2-6,10-12H,1H3/t2-,3+,4+,5-,6?/m1/s1. The summed E-state index contributed by atoms with van der Waals surface area (Å²) in [4.78, 5) is 2.45. The van der Waals surface area contributed by atoms with Crippen LogP contribution in [0.15, 0.2) is 5.11 Å². The van der Waals surface area contributed by atoms with Crippen LogP contribution in [0.1, 0.15) is 6.92 Å². The molecule has 1 saturated heterocycles. The first-order valence-corrected chi connectivity index (χ1v) is 3.81. The Morgan fingerprint density at radius 1 is 1.23 bits per heavy atom. The lowest BCUT2D eigenvalue weighted by molar-refractivity contribution is -0.214. The van der Waals surface area contributed by atoms with Crippen LogP contribution in [0.4, 0.5) is 0 Å². The summed E-state index contributed by atoms with van der Waals surface area (Å²) in [7, 11) is 0. The lowest BCUT2D eigenvalue weighted by Crippen LogP contribution is -2.55. The van der Waals surface area contributed by atoms with Crippen molar-refractivity contribution in [1.82, 2.24) is 0 Å². The summed E-state index contributed by atoms with van der Waals surface area (Å²) >= 11 is 0. The summed E-state index contributed by atoms with van der Waals surface area (Å²) in [5.74, 6) is 0. The number of hydrogen-bond acceptors (Lipinski definition) is 5. The van der Waals surface area contributed by atoms with Crippen LogP contribution >= 0.6 is 0 Å². The minimum absolute atomic E-state index is 0.672. The second-order valence-electron chi connectivity index (χ2n) is 2.91. The molecule has 3 N–H and O–H groups in total. The molecule has 13 heavy (non-hydrogen) atoms. The molecule has 1 fully saturated rings. The molecule has 1 unspecified atom stereocenters. The number of aliphatic hydroxyl groups excluding tert-OH is 3. The molecule has 1 heterocycles. The summed E-state index contributed by atoms with van der Waals surface area (Å²) in [5, 5.41) is 30.9. The predicted octanol–water partition coefficient (Wildman–Crippen LogP) is -0.876. The van der Waals surface area contributed by atoms with Gasteiger partial charge in [0.2, 0.25) is 0 Å². The average Bonchev–Trinajstić information content (AvgIpc) is 2.11. The summed E-state index contributed by atoms with van der Waals surface area (Å²) in [6.45, 7) is 1.51. The van der Waals surface area contributed by atoms with E-state index in [9.17, 15) is 15.3 Å². The Hall–Kier alpha value is -0.850. The highest BCUT2D eigenvalue weighted by Crippen LogP contribution is 2.21. The Kier molecular flexibility index (Phi) is 3.07. The molecule has 0 saturated carbocycles. The lowest BCUT2D eigenvalue weighted by atomic mass is 9.99. The van der Waals surface area contributed by atoms with Crippen LogP contribution in [0.5, 0.6) is 0 Å². The second kappa shape index (κ2) is 3.91. The average molecular weight is 189 g/mol. The predicted molar refractivity (Wildman–Crippen MR) is 41.5 cm³/mol. The van der Waals surface area contributed by atoms with Gasteiger partial charge in [0.25, 0.3) is 0 Å². The first-order chi connectivity index (χ1) is 6.07. The normalized spacial score (nSPS) is 45.4. The first-order valence-electron chi connectivity index (χ1n) is 3.81. The van der Waals surface area contributed by atoms with Gasteiger partial charge in [-0.2, -0.15) is 0 Å². The molecule has 1 aliphatic heterocycles. The molecule has 0 aromatic heterocycles. The molecule has 1 rings (SSSR count). The van der Waals surface area contributed by atoms with Gasteiger partial charge in [0, 0.05) is 4.91 Å². The van der Waals surface area contributed by atoms with Gasteiger partial charge in [-0.3, -0.25) is 0 Å². The Balaban J connectivity index is 2.75. The fourth-order valence-corrected chi connectivity index (χ4v) is 1.18. The highest BCUT2D eigenvalue weighted by atomic mass is 16.5. The SMILES string of the molecule is C[C@H]1OC(N=[N+]=[N-])[C@H](O)[C@@H](O)[C@H]1O. The van der Waals surface area contributed by atoms with E-state index in [1.807, 2.05) is 0 Å². The van der Waals surface area contributed by atoms with Crippen LogP contribution in [0, 0.1) is 0 Å². The molecule has 1 aliphatic rings. The van der Waals surface area contributed by atoms with Crippen LogP contribution < -0.4 is 0 Å². The quantitative estimate of drug-likeness (QED) is 0.282. The Labute approximate surface area is 74.2 Å². The second-order valence-corrected chi connectivity index (χ2v) is 2.91. The molecule has 0 radical (unpaired) electrons. The van der Waals surface area contributed by atoms with Gasteiger partial charge in [0.15, 0.2) is 6.23 Å². The van der Waals surface area contributed by atoms with Gasteiger partial charge in [-0.25, -0.2) is 0 Å². The number of nitrogens with zero attached hydrogens (tertiary/aromatic N) is 3. The van der Waals surface area contributed by atoms with E-state index in [1.54, 1.807) is 0 Å². The minimum atomic E-state index is -1.39. The largest absolute Gasteiger partial charge is 0.388 e. The van der Waals surface area contributed by atoms with Crippen LogP contribution in [0.2, 0.25) is 0 Å². The number of hydrogen-bond donors (Lipinski definition) is 3. The van der Waals surface area contributed by atoms with Gasteiger partial charge in [-0.1, -0.05) is 5.11 Å². The third-order valence-electron chi connectivity index (χ3n) is 1.99. The van der Waals surface area contributed by atoms with Crippen molar-refractivity contribution in [2.24, 2.45) is 5.11 Å². The van der Waals surface area contributed by atoms with Crippen molar-refractivity contribution in [2.45, 2.75) is 37.6 Å². The number of aliphatic hydroxyl groups is 3. The van der Waals surface area contributed by atoms with Crippen molar-refractivity contribution in [3.05, 3.63) is 10.4 Å². The van der Waals surface area contributed by atoms with E-state index >= 15 is 0 Å². The molecular weight excluding hydrogens is 178 g/mol. The van der Waals surface area contributed by atoms with Crippen LogP contribution in [0.3, 0.4) is 0 Å². The Morgan fingerprint density at radius 3 is 2.38 bits per heavy atom. The van der Waals surface area contributed by atoms with Crippen molar-refractivity contribution in [3.8, 4) is 0 Å². The smallest absolute Gasteiger partial charge is 0.165 e. The molecule has 0 aromatic rings. The highest BCUT2D eigenvalue weighted by molar-refractivity contribution is 4.89. The van der Waals surface area contributed by atoms with Crippen molar-refractivity contribution >= 4 is 0 Å².